The maximum Gasteiger partial charge on any atom is 0.0979 e. The van der Waals surface area contributed by atoms with Gasteiger partial charge in [0, 0.05) is 72.0 Å². The number of rotatable bonds is 0. The molecule has 3 heterocycles. The van der Waals surface area contributed by atoms with E-state index in [2.05, 4.69) is 45.6 Å². The van der Waals surface area contributed by atoms with Gasteiger partial charge in [0.25, 0.3) is 0 Å². The largest absolute Gasteiger partial charge is 0.304 e. The third-order valence-electron chi connectivity index (χ3n) is 4.79. The molecule has 3 rings (SSSR count). The van der Waals surface area contributed by atoms with Crippen LogP contribution < -0.4 is 0 Å². The molecule has 132 valence electrons. The maximum atomic E-state index is 6.69. The van der Waals surface area contributed by atoms with Gasteiger partial charge in [-0.2, -0.15) is 0 Å². The second kappa shape index (κ2) is 10.3. The van der Waals surface area contributed by atoms with Gasteiger partial charge in [0.2, 0.25) is 0 Å². The molecule has 3 aliphatic heterocycles. The Morgan fingerprint density at radius 3 is 1.55 bits per heavy atom. The van der Waals surface area contributed by atoms with E-state index in [4.69, 9.17) is 11.6 Å². The van der Waals surface area contributed by atoms with E-state index in [9.17, 15) is 0 Å². The summed E-state index contributed by atoms with van der Waals surface area (Å²) in [7, 11) is 6.66. The number of alkyl halides is 1. The summed E-state index contributed by atoms with van der Waals surface area (Å²) in [5.74, 6) is 0. The maximum absolute atomic E-state index is 6.69. The number of likely N-dealkylation sites (N-methyl/N-ethyl adjacent to an activating group) is 3. The summed E-state index contributed by atoms with van der Waals surface area (Å²) in [6.07, 6.45) is 0. The number of hydrogen-bond donors (Lipinski definition) is 0. The van der Waals surface area contributed by atoms with Gasteiger partial charge in [-0.15, -0.1) is 24.0 Å². The first kappa shape index (κ1) is 20.4. The molecule has 5 nitrogen and oxygen atoms in total. The van der Waals surface area contributed by atoms with Crippen molar-refractivity contribution < 1.29 is 0 Å². The molecule has 0 radical (unpaired) electrons. The van der Waals surface area contributed by atoms with Crippen LogP contribution in [0.3, 0.4) is 0 Å². The van der Waals surface area contributed by atoms with Gasteiger partial charge in [-0.05, 0) is 21.1 Å². The minimum absolute atomic E-state index is 0. The van der Waals surface area contributed by atoms with Crippen molar-refractivity contribution in [3.8, 4) is 0 Å². The van der Waals surface area contributed by atoms with Crippen molar-refractivity contribution in [1.29, 1.82) is 0 Å². The fraction of sp³-hybridized carbons (Fsp3) is 1.00. The smallest absolute Gasteiger partial charge is 0.0979 e. The normalized spacial score (nSPS) is 34.6. The van der Waals surface area contributed by atoms with Crippen LogP contribution >= 0.6 is 24.0 Å². The fourth-order valence-corrected chi connectivity index (χ4v) is 3.38. The van der Waals surface area contributed by atoms with Crippen molar-refractivity contribution in [2.45, 2.75) is 5.50 Å². The summed E-state index contributed by atoms with van der Waals surface area (Å²) in [5.41, 5.74) is 0.115. The Kier molecular flexibility index (Phi) is 9.55. The summed E-state index contributed by atoms with van der Waals surface area (Å²) in [4.78, 5) is 12.3. The lowest BCUT2D eigenvalue weighted by Gasteiger charge is -2.37. The molecule has 2 bridgehead atoms. The molecule has 1 unspecified atom stereocenters. The zero-order valence-corrected chi connectivity index (χ0v) is 16.0. The molecular weight excluding hydrogens is 321 g/mol. The Bertz CT molecular complexity index is 290. The summed E-state index contributed by atoms with van der Waals surface area (Å²) in [6.45, 7) is 12.1. The molecule has 0 spiro atoms. The van der Waals surface area contributed by atoms with E-state index in [-0.39, 0.29) is 17.9 Å². The van der Waals surface area contributed by atoms with Crippen LogP contribution in [0.15, 0.2) is 0 Å². The third kappa shape index (κ3) is 6.87. The van der Waals surface area contributed by atoms with Gasteiger partial charge in [0.15, 0.2) is 0 Å². The highest BCUT2D eigenvalue weighted by Crippen LogP contribution is 2.09. The summed E-state index contributed by atoms with van der Waals surface area (Å²) < 4.78 is 0. The SMILES string of the molecule is CN1CCN2CCN(C)CCN(CC1)C(Cl)CN(C)CC2.Cl. The first-order valence-electron chi connectivity index (χ1n) is 8.20. The van der Waals surface area contributed by atoms with E-state index < -0.39 is 0 Å². The van der Waals surface area contributed by atoms with Gasteiger partial charge in [-0.1, -0.05) is 0 Å². The lowest BCUT2D eigenvalue weighted by Crippen LogP contribution is -2.50. The highest BCUT2D eigenvalue weighted by Gasteiger charge is 2.21. The Hall–Kier alpha value is 0.380. The zero-order chi connectivity index (χ0) is 15.2. The van der Waals surface area contributed by atoms with Gasteiger partial charge in [-0.25, -0.2) is 0 Å². The standard InChI is InChI=1S/C15H32ClN5.ClH/c1-17-4-9-20-10-5-18(2)8-13-21(12-7-17)15(16)14-19(3)6-11-20;/h15H,4-14H2,1-3H3;1H. The molecule has 0 aromatic heterocycles. The number of fused-ring (bicyclic) bond motifs is 12. The van der Waals surface area contributed by atoms with Crippen molar-refractivity contribution in [2.24, 2.45) is 0 Å². The van der Waals surface area contributed by atoms with Crippen LogP contribution in [-0.4, -0.2) is 123 Å². The highest BCUT2D eigenvalue weighted by molar-refractivity contribution is 6.20. The second-order valence-corrected chi connectivity index (χ2v) is 7.18. The molecule has 3 saturated heterocycles. The molecule has 3 fully saturated rings. The van der Waals surface area contributed by atoms with Crippen LogP contribution in [0.5, 0.6) is 0 Å². The number of hydrogen-bond acceptors (Lipinski definition) is 5. The topological polar surface area (TPSA) is 16.2 Å². The Morgan fingerprint density at radius 2 is 1.05 bits per heavy atom. The van der Waals surface area contributed by atoms with Gasteiger partial charge >= 0.3 is 0 Å². The van der Waals surface area contributed by atoms with Gasteiger partial charge in [0.1, 0.15) is 0 Å². The van der Waals surface area contributed by atoms with Crippen LogP contribution in [0.2, 0.25) is 0 Å². The molecule has 0 aromatic rings. The van der Waals surface area contributed by atoms with E-state index in [1.165, 1.54) is 13.1 Å². The zero-order valence-electron chi connectivity index (χ0n) is 14.4. The van der Waals surface area contributed by atoms with E-state index in [1.54, 1.807) is 0 Å². The predicted molar refractivity (Wildman–Crippen MR) is 97.4 cm³/mol. The first-order chi connectivity index (χ1) is 10.0. The molecule has 0 N–H and O–H groups in total. The average Bonchev–Trinajstić information content (AvgIpc) is 2.43. The van der Waals surface area contributed by atoms with Crippen LogP contribution in [0.4, 0.5) is 0 Å². The van der Waals surface area contributed by atoms with E-state index in [0.29, 0.717) is 0 Å². The van der Waals surface area contributed by atoms with Crippen LogP contribution in [-0.2, 0) is 0 Å². The van der Waals surface area contributed by atoms with Crippen LogP contribution in [0, 0.1) is 0 Å². The quantitative estimate of drug-likeness (QED) is 0.461. The second-order valence-electron chi connectivity index (χ2n) is 6.68. The predicted octanol–water partition coefficient (Wildman–Crippen LogP) is 0.400. The van der Waals surface area contributed by atoms with Crippen LogP contribution in [0.25, 0.3) is 0 Å². The summed E-state index contributed by atoms with van der Waals surface area (Å²) in [5, 5.41) is 0. The number of halogens is 2. The summed E-state index contributed by atoms with van der Waals surface area (Å²) >= 11 is 6.69. The average molecular weight is 354 g/mol. The molecule has 22 heavy (non-hydrogen) atoms. The van der Waals surface area contributed by atoms with Crippen molar-refractivity contribution in [1.82, 2.24) is 24.5 Å². The summed E-state index contributed by atoms with van der Waals surface area (Å²) in [6, 6.07) is 0. The molecule has 7 heteroatoms. The van der Waals surface area contributed by atoms with Gasteiger partial charge in [0.05, 0.1) is 5.50 Å². The molecule has 1 atom stereocenters. The third-order valence-corrected chi connectivity index (χ3v) is 5.20. The highest BCUT2D eigenvalue weighted by atomic mass is 35.5. The van der Waals surface area contributed by atoms with Crippen molar-refractivity contribution in [2.75, 3.05) is 93.1 Å². The van der Waals surface area contributed by atoms with Gasteiger partial charge in [-0.3, -0.25) is 9.80 Å². The van der Waals surface area contributed by atoms with Crippen molar-refractivity contribution >= 4 is 24.0 Å². The first-order valence-corrected chi connectivity index (χ1v) is 8.64. The minimum atomic E-state index is 0. The van der Waals surface area contributed by atoms with E-state index in [1.807, 2.05) is 0 Å². The molecule has 0 amide bonds. The van der Waals surface area contributed by atoms with E-state index >= 15 is 0 Å². The Balaban J connectivity index is 0.00000242. The van der Waals surface area contributed by atoms with Crippen molar-refractivity contribution in [3.63, 3.8) is 0 Å². The molecule has 3 aliphatic rings. The molecule has 0 aromatic carbocycles. The number of nitrogens with zero attached hydrogens (tertiary/aromatic N) is 5. The lowest BCUT2D eigenvalue weighted by atomic mass is 10.3. The van der Waals surface area contributed by atoms with Crippen molar-refractivity contribution in [3.05, 3.63) is 0 Å². The fourth-order valence-electron chi connectivity index (χ4n) is 2.95. The molecular formula is C15H33Cl2N5. The van der Waals surface area contributed by atoms with Gasteiger partial charge < -0.3 is 14.7 Å². The molecule has 0 saturated carbocycles. The Morgan fingerprint density at radius 1 is 0.636 bits per heavy atom. The van der Waals surface area contributed by atoms with Crippen LogP contribution in [0.1, 0.15) is 0 Å². The molecule has 0 aliphatic carbocycles. The van der Waals surface area contributed by atoms with E-state index in [0.717, 1.165) is 58.9 Å². The Labute approximate surface area is 147 Å². The lowest BCUT2D eigenvalue weighted by molar-refractivity contribution is 0.114. The minimum Gasteiger partial charge on any atom is -0.304 e. The monoisotopic (exact) mass is 353 g/mol.